The van der Waals surface area contributed by atoms with E-state index < -0.39 is 0 Å². The summed E-state index contributed by atoms with van der Waals surface area (Å²) in [5, 5.41) is 4.16. The van der Waals surface area contributed by atoms with Gasteiger partial charge in [-0.15, -0.1) is 0 Å². The highest BCUT2D eigenvalue weighted by Crippen LogP contribution is 2.33. The summed E-state index contributed by atoms with van der Waals surface area (Å²) >= 11 is 1.61. The van der Waals surface area contributed by atoms with Crippen molar-refractivity contribution in [1.29, 1.82) is 0 Å². The number of hydrogen-bond donors (Lipinski definition) is 1. The molecule has 0 aliphatic carbocycles. The van der Waals surface area contributed by atoms with Gasteiger partial charge in [-0.3, -0.25) is 0 Å². The molecule has 0 radical (unpaired) electrons. The lowest BCUT2D eigenvalue weighted by atomic mass is 10.1. The first-order valence-electron chi connectivity index (χ1n) is 5.14. The fraction of sp³-hybridized carbons (Fsp3) is 0.455. The molecule has 0 aromatic carbocycles. The van der Waals surface area contributed by atoms with Crippen LogP contribution < -0.4 is 5.32 Å². The van der Waals surface area contributed by atoms with E-state index in [1.165, 1.54) is 0 Å². The molecule has 5 heteroatoms. The maximum Gasteiger partial charge on any atom is 0.143 e. The number of thiazole rings is 1. The van der Waals surface area contributed by atoms with Crippen molar-refractivity contribution in [3.05, 3.63) is 16.8 Å². The first-order valence-corrected chi connectivity index (χ1v) is 5.95. The molecule has 0 saturated carbocycles. The van der Waals surface area contributed by atoms with E-state index in [1.807, 2.05) is 27.1 Å². The van der Waals surface area contributed by atoms with E-state index in [9.17, 15) is 0 Å². The number of fused-ring (bicyclic) bond motifs is 1. The number of anilines is 1. The van der Waals surface area contributed by atoms with Gasteiger partial charge in [-0.2, -0.15) is 0 Å². The lowest BCUT2D eigenvalue weighted by Crippen LogP contribution is -2.03. The SMILES string of the molecule is CNc1cnc2sc(C)nc2c1C(C)OC. The average Bonchev–Trinajstić information content (AvgIpc) is 2.66. The fourth-order valence-electron chi connectivity index (χ4n) is 1.73. The van der Waals surface area contributed by atoms with E-state index in [2.05, 4.69) is 15.3 Å². The zero-order valence-electron chi connectivity index (χ0n) is 9.87. The second-order valence-corrected chi connectivity index (χ2v) is 4.78. The minimum atomic E-state index is 0.00875. The van der Waals surface area contributed by atoms with Crippen molar-refractivity contribution in [2.24, 2.45) is 0 Å². The minimum absolute atomic E-state index is 0.00875. The molecule has 2 aromatic rings. The number of pyridine rings is 1. The highest BCUT2D eigenvalue weighted by molar-refractivity contribution is 7.18. The van der Waals surface area contributed by atoms with Crippen LogP contribution in [0.25, 0.3) is 10.3 Å². The minimum Gasteiger partial charge on any atom is -0.387 e. The highest BCUT2D eigenvalue weighted by atomic mass is 32.1. The van der Waals surface area contributed by atoms with E-state index in [-0.39, 0.29) is 6.10 Å². The molecule has 0 amide bonds. The molecule has 1 N–H and O–H groups in total. The van der Waals surface area contributed by atoms with Crippen LogP contribution >= 0.6 is 11.3 Å². The van der Waals surface area contributed by atoms with E-state index in [0.717, 1.165) is 26.6 Å². The van der Waals surface area contributed by atoms with Crippen LogP contribution in [-0.2, 0) is 4.74 Å². The van der Waals surface area contributed by atoms with Gasteiger partial charge < -0.3 is 10.1 Å². The topological polar surface area (TPSA) is 47.0 Å². The van der Waals surface area contributed by atoms with E-state index in [0.29, 0.717) is 0 Å². The molecule has 2 heterocycles. The molecule has 86 valence electrons. The number of hydrogen-bond acceptors (Lipinski definition) is 5. The largest absolute Gasteiger partial charge is 0.387 e. The van der Waals surface area contributed by atoms with Crippen LogP contribution in [0, 0.1) is 6.92 Å². The van der Waals surface area contributed by atoms with Crippen LogP contribution in [0.4, 0.5) is 5.69 Å². The Hall–Kier alpha value is -1.20. The molecule has 4 nitrogen and oxygen atoms in total. The number of rotatable bonds is 3. The summed E-state index contributed by atoms with van der Waals surface area (Å²) in [4.78, 5) is 9.88. The molecular weight excluding hydrogens is 222 g/mol. The van der Waals surface area contributed by atoms with Crippen molar-refractivity contribution >= 4 is 27.4 Å². The summed E-state index contributed by atoms with van der Waals surface area (Å²) in [7, 11) is 3.59. The van der Waals surface area contributed by atoms with Crippen LogP contribution in [0.3, 0.4) is 0 Å². The van der Waals surface area contributed by atoms with E-state index >= 15 is 0 Å². The first-order chi connectivity index (χ1) is 7.67. The van der Waals surface area contributed by atoms with Gasteiger partial charge in [0.25, 0.3) is 0 Å². The van der Waals surface area contributed by atoms with Crippen molar-refractivity contribution in [2.75, 3.05) is 19.5 Å². The Labute approximate surface area is 98.7 Å². The molecule has 2 aromatic heterocycles. The van der Waals surface area contributed by atoms with Gasteiger partial charge in [-0.1, -0.05) is 11.3 Å². The number of aromatic nitrogens is 2. The van der Waals surface area contributed by atoms with Crippen LogP contribution in [0.5, 0.6) is 0 Å². The van der Waals surface area contributed by atoms with E-state index in [1.54, 1.807) is 18.4 Å². The van der Waals surface area contributed by atoms with Crippen LogP contribution in [0.15, 0.2) is 6.20 Å². The zero-order chi connectivity index (χ0) is 11.7. The third-order valence-electron chi connectivity index (χ3n) is 2.60. The number of methoxy groups -OCH3 is 1. The lowest BCUT2D eigenvalue weighted by Gasteiger charge is -2.14. The number of aryl methyl sites for hydroxylation is 1. The van der Waals surface area contributed by atoms with Gasteiger partial charge >= 0.3 is 0 Å². The average molecular weight is 237 g/mol. The second-order valence-electron chi connectivity index (χ2n) is 3.60. The predicted octanol–water partition coefficient (Wildman–Crippen LogP) is 2.75. The third kappa shape index (κ3) is 1.76. The normalized spacial score (nSPS) is 13.0. The number of ether oxygens (including phenoxy) is 1. The lowest BCUT2D eigenvalue weighted by molar-refractivity contribution is 0.121. The molecule has 0 aliphatic rings. The summed E-state index contributed by atoms with van der Waals surface area (Å²) in [6.07, 6.45) is 1.85. The third-order valence-corrected chi connectivity index (χ3v) is 3.48. The summed E-state index contributed by atoms with van der Waals surface area (Å²) in [5.74, 6) is 0. The summed E-state index contributed by atoms with van der Waals surface area (Å²) in [6.45, 7) is 4.01. The molecule has 2 rings (SSSR count). The van der Waals surface area contributed by atoms with E-state index in [4.69, 9.17) is 4.74 Å². The van der Waals surface area contributed by atoms with Gasteiger partial charge in [0.2, 0.25) is 0 Å². The Morgan fingerprint density at radius 2 is 2.25 bits per heavy atom. The van der Waals surface area contributed by atoms with Crippen molar-refractivity contribution in [3.63, 3.8) is 0 Å². The van der Waals surface area contributed by atoms with Crippen LogP contribution in [0.2, 0.25) is 0 Å². The van der Waals surface area contributed by atoms with Crippen molar-refractivity contribution in [3.8, 4) is 0 Å². The molecular formula is C11H15N3OS. The maximum atomic E-state index is 5.39. The molecule has 1 atom stereocenters. The second kappa shape index (κ2) is 4.35. The van der Waals surface area contributed by atoms with Gasteiger partial charge in [0.1, 0.15) is 10.3 Å². The van der Waals surface area contributed by atoms with Gasteiger partial charge in [0, 0.05) is 19.7 Å². The smallest absolute Gasteiger partial charge is 0.143 e. The summed E-state index contributed by atoms with van der Waals surface area (Å²) < 4.78 is 5.39. The Kier molecular flexibility index (Phi) is 3.07. The molecule has 0 aliphatic heterocycles. The highest BCUT2D eigenvalue weighted by Gasteiger charge is 2.17. The van der Waals surface area contributed by atoms with Crippen LogP contribution in [-0.4, -0.2) is 24.1 Å². The molecule has 1 unspecified atom stereocenters. The monoisotopic (exact) mass is 237 g/mol. The Morgan fingerprint density at radius 3 is 2.88 bits per heavy atom. The standard InChI is InChI=1S/C11H15N3OS/c1-6(15-4)9-8(12-3)5-13-11-10(9)14-7(2)16-11/h5-6,12H,1-4H3. The van der Waals surface area contributed by atoms with Crippen molar-refractivity contribution in [2.45, 2.75) is 20.0 Å². The molecule has 0 saturated heterocycles. The zero-order valence-corrected chi connectivity index (χ0v) is 10.7. The maximum absolute atomic E-state index is 5.39. The Morgan fingerprint density at radius 1 is 1.50 bits per heavy atom. The molecule has 0 bridgehead atoms. The summed E-state index contributed by atoms with van der Waals surface area (Å²) in [5.41, 5.74) is 3.01. The molecule has 0 fully saturated rings. The Bertz CT molecular complexity index is 509. The predicted molar refractivity (Wildman–Crippen MR) is 67.1 cm³/mol. The van der Waals surface area contributed by atoms with Gasteiger partial charge in [-0.25, -0.2) is 9.97 Å². The van der Waals surface area contributed by atoms with Crippen LogP contribution in [0.1, 0.15) is 23.6 Å². The van der Waals surface area contributed by atoms with Crippen molar-refractivity contribution in [1.82, 2.24) is 9.97 Å². The summed E-state index contributed by atoms with van der Waals surface area (Å²) in [6, 6.07) is 0. The number of nitrogens with zero attached hydrogens (tertiary/aromatic N) is 2. The fourth-order valence-corrected chi connectivity index (χ4v) is 2.50. The molecule has 16 heavy (non-hydrogen) atoms. The Balaban J connectivity index is 2.72. The van der Waals surface area contributed by atoms with Gasteiger partial charge in [-0.05, 0) is 13.8 Å². The molecule has 0 spiro atoms. The quantitative estimate of drug-likeness (QED) is 0.891. The van der Waals surface area contributed by atoms with Gasteiger partial charge in [0.15, 0.2) is 0 Å². The van der Waals surface area contributed by atoms with Gasteiger partial charge in [0.05, 0.1) is 23.0 Å². The first kappa shape index (κ1) is 11.3. The number of nitrogens with one attached hydrogen (secondary N) is 1. The van der Waals surface area contributed by atoms with Crippen molar-refractivity contribution < 1.29 is 4.74 Å².